The third-order valence-electron chi connectivity index (χ3n) is 9.76. The lowest BCUT2D eigenvalue weighted by Crippen LogP contribution is -2.66. The van der Waals surface area contributed by atoms with Gasteiger partial charge < -0.3 is 20.1 Å². The highest BCUT2D eigenvalue weighted by atomic mass is 79.9. The van der Waals surface area contributed by atoms with E-state index in [0.717, 1.165) is 83.6 Å². The van der Waals surface area contributed by atoms with E-state index in [1.165, 1.54) is 0 Å². The first-order valence-corrected chi connectivity index (χ1v) is 18.3. The van der Waals surface area contributed by atoms with Gasteiger partial charge in [0.2, 0.25) is 23.6 Å². The smallest absolute Gasteiger partial charge is 0.237 e. The summed E-state index contributed by atoms with van der Waals surface area (Å²) in [6.07, 6.45) is 7.32. The first kappa shape index (κ1) is 35.2. The molecule has 7 rings (SSSR count). The van der Waals surface area contributed by atoms with Crippen molar-refractivity contribution in [2.45, 2.75) is 50.7 Å². The van der Waals surface area contributed by atoms with Crippen LogP contribution in [-0.4, -0.2) is 94.0 Å². The van der Waals surface area contributed by atoms with Crippen LogP contribution in [0.1, 0.15) is 43.5 Å². The normalized spacial score (nSPS) is 18.0. The van der Waals surface area contributed by atoms with Crippen molar-refractivity contribution in [3.05, 3.63) is 69.7 Å². The molecule has 5 heterocycles. The van der Waals surface area contributed by atoms with Gasteiger partial charge in [-0.2, -0.15) is 0 Å². The maximum absolute atomic E-state index is 11.9. The van der Waals surface area contributed by atoms with Gasteiger partial charge in [0.05, 0.1) is 48.6 Å². The zero-order chi connectivity index (χ0) is 35.5. The fraction of sp³-hybridized carbons (Fsp3) is 0.405. The van der Waals surface area contributed by atoms with Gasteiger partial charge in [0, 0.05) is 73.3 Å². The number of methoxy groups -OCH3 is 2. The Morgan fingerprint density at radius 1 is 0.804 bits per heavy atom. The molecule has 2 amide bonds. The van der Waals surface area contributed by atoms with Crippen LogP contribution in [0.5, 0.6) is 11.8 Å². The van der Waals surface area contributed by atoms with Gasteiger partial charge in [-0.05, 0) is 47.3 Å². The van der Waals surface area contributed by atoms with Crippen LogP contribution in [0.2, 0.25) is 5.02 Å². The van der Waals surface area contributed by atoms with E-state index in [4.69, 9.17) is 41.0 Å². The van der Waals surface area contributed by atoms with Gasteiger partial charge in [0.25, 0.3) is 0 Å². The maximum atomic E-state index is 11.9. The molecule has 4 aromatic rings. The minimum Gasteiger partial charge on any atom is -0.480 e. The van der Waals surface area contributed by atoms with Crippen LogP contribution < -0.4 is 20.1 Å². The van der Waals surface area contributed by atoms with Crippen molar-refractivity contribution in [2.75, 3.05) is 46.9 Å². The maximum Gasteiger partial charge on any atom is 0.237 e. The molecule has 3 saturated heterocycles. The zero-order valence-corrected chi connectivity index (χ0v) is 31.0. The Bertz CT molecular complexity index is 1960. The van der Waals surface area contributed by atoms with Crippen molar-refractivity contribution in [3.63, 3.8) is 0 Å². The van der Waals surface area contributed by atoms with E-state index >= 15 is 0 Å². The number of carbonyl (C=O) groups is 2. The Morgan fingerprint density at radius 3 is 2.10 bits per heavy atom. The van der Waals surface area contributed by atoms with Gasteiger partial charge >= 0.3 is 0 Å². The molecule has 1 spiro atoms. The number of nitrogens with zero attached hydrogens (tertiary/aromatic N) is 6. The summed E-state index contributed by atoms with van der Waals surface area (Å²) in [6, 6.07) is 11.8. The van der Waals surface area contributed by atoms with Gasteiger partial charge in [0.1, 0.15) is 11.4 Å². The average Bonchev–Trinajstić information content (AvgIpc) is 3.55. The molecule has 3 aliphatic rings. The summed E-state index contributed by atoms with van der Waals surface area (Å²) in [7, 11) is 3.20. The van der Waals surface area contributed by atoms with E-state index < -0.39 is 0 Å². The first-order valence-electron chi connectivity index (χ1n) is 17.2. The van der Waals surface area contributed by atoms with Crippen molar-refractivity contribution in [1.82, 2.24) is 40.4 Å². The lowest BCUT2D eigenvalue weighted by atomic mass is 9.88. The summed E-state index contributed by atoms with van der Waals surface area (Å²) in [5, 5.41) is 6.63. The molecule has 0 radical (unpaired) electrons. The average molecular weight is 776 g/mol. The second-order valence-electron chi connectivity index (χ2n) is 13.3. The number of aromatic nitrogens is 4. The minimum atomic E-state index is -0.0995. The highest BCUT2D eigenvalue weighted by Gasteiger charge is 2.47. The monoisotopic (exact) mass is 774 g/mol. The molecule has 0 saturated carbocycles. The number of hydrogen-bond donors (Lipinski definition) is 2. The van der Waals surface area contributed by atoms with Crippen molar-refractivity contribution in [3.8, 4) is 45.4 Å². The topological polar surface area (TPSA) is 135 Å². The van der Waals surface area contributed by atoms with Crippen molar-refractivity contribution >= 4 is 39.3 Å². The van der Waals surface area contributed by atoms with Crippen LogP contribution in [-0.2, 0) is 22.7 Å². The third kappa shape index (κ3) is 7.57. The standard InChI is InChI=1S/C37H40BrClN8O4/c1-50-35-29(19-46-15-4-3-11-31(48)40-14-16-46)42-18-28(44-35)26-10-6-8-24(34(26)39)23-7-5-9-25(33(23)38)27-17-41-30(36(43-27)51-2)20-47-21-37(22-47)13-12-32(49)45-37/h5-10,17-18H,3-4,11-16,19-22H2,1-2H3,(H,40,48)(H,45,49). The number of benzene rings is 2. The quantitative estimate of drug-likeness (QED) is 0.232. The number of likely N-dealkylation sites (tertiary alicyclic amines) is 1. The number of hydrogen-bond acceptors (Lipinski definition) is 10. The Balaban J connectivity index is 1.11. The van der Waals surface area contributed by atoms with E-state index in [-0.39, 0.29) is 17.4 Å². The molecule has 3 aliphatic heterocycles. The summed E-state index contributed by atoms with van der Waals surface area (Å²) in [5.74, 6) is 1.14. The molecule has 0 aliphatic carbocycles. The number of ether oxygens (including phenoxy) is 2. The highest BCUT2D eigenvalue weighted by molar-refractivity contribution is 9.10. The van der Waals surface area contributed by atoms with E-state index in [1.807, 2.05) is 36.4 Å². The van der Waals surface area contributed by atoms with Gasteiger partial charge in [-0.15, -0.1) is 0 Å². The Morgan fingerprint density at radius 2 is 1.43 bits per heavy atom. The number of halogens is 2. The Hall–Kier alpha value is -4.17. The van der Waals surface area contributed by atoms with Crippen LogP contribution >= 0.6 is 27.5 Å². The molecular weight excluding hydrogens is 736 g/mol. The first-order chi connectivity index (χ1) is 24.8. The lowest BCUT2D eigenvalue weighted by Gasteiger charge is -2.47. The lowest BCUT2D eigenvalue weighted by molar-refractivity contribution is -0.121. The molecule has 14 heteroatoms. The fourth-order valence-electron chi connectivity index (χ4n) is 7.16. The summed E-state index contributed by atoms with van der Waals surface area (Å²) >= 11 is 11.0. The van der Waals surface area contributed by atoms with Crippen molar-refractivity contribution in [2.24, 2.45) is 0 Å². The predicted octanol–water partition coefficient (Wildman–Crippen LogP) is 5.27. The Kier molecular flexibility index (Phi) is 10.5. The van der Waals surface area contributed by atoms with E-state index in [1.54, 1.807) is 26.6 Å². The fourth-order valence-corrected chi connectivity index (χ4v) is 8.17. The third-order valence-corrected chi connectivity index (χ3v) is 11.0. The molecule has 266 valence electrons. The number of amides is 2. The van der Waals surface area contributed by atoms with Gasteiger partial charge in [0.15, 0.2) is 0 Å². The molecule has 2 aromatic heterocycles. The molecule has 2 aromatic carbocycles. The summed E-state index contributed by atoms with van der Waals surface area (Å²) in [4.78, 5) is 47.3. The Labute approximate surface area is 310 Å². The van der Waals surface area contributed by atoms with Crippen LogP contribution in [0.15, 0.2) is 53.3 Å². The number of rotatable bonds is 9. The van der Waals surface area contributed by atoms with E-state index in [9.17, 15) is 9.59 Å². The van der Waals surface area contributed by atoms with Crippen LogP contribution in [0.3, 0.4) is 0 Å². The molecule has 0 unspecified atom stereocenters. The molecule has 12 nitrogen and oxygen atoms in total. The molecule has 3 fully saturated rings. The van der Waals surface area contributed by atoms with E-state index in [0.29, 0.717) is 60.6 Å². The molecule has 0 atom stereocenters. The highest BCUT2D eigenvalue weighted by Crippen LogP contribution is 2.42. The predicted molar refractivity (Wildman–Crippen MR) is 197 cm³/mol. The molecule has 51 heavy (non-hydrogen) atoms. The number of carbonyl (C=O) groups excluding carboxylic acids is 2. The molecular formula is C37H40BrClN8O4. The second kappa shape index (κ2) is 15.2. The van der Waals surface area contributed by atoms with Crippen LogP contribution in [0.25, 0.3) is 33.6 Å². The van der Waals surface area contributed by atoms with Crippen LogP contribution in [0.4, 0.5) is 0 Å². The summed E-state index contributed by atoms with van der Waals surface area (Å²) < 4.78 is 12.2. The van der Waals surface area contributed by atoms with Gasteiger partial charge in [-0.1, -0.05) is 48.0 Å². The second-order valence-corrected chi connectivity index (χ2v) is 14.5. The number of nitrogens with one attached hydrogen (secondary N) is 2. The van der Waals surface area contributed by atoms with E-state index in [2.05, 4.69) is 36.4 Å². The van der Waals surface area contributed by atoms with Gasteiger partial charge in [-0.3, -0.25) is 29.4 Å². The zero-order valence-electron chi connectivity index (χ0n) is 28.7. The van der Waals surface area contributed by atoms with Crippen molar-refractivity contribution in [1.29, 1.82) is 0 Å². The van der Waals surface area contributed by atoms with Gasteiger partial charge in [-0.25, -0.2) is 9.97 Å². The molecule has 0 bridgehead atoms. The van der Waals surface area contributed by atoms with Crippen LogP contribution in [0, 0.1) is 0 Å². The SMILES string of the molecule is COc1nc(-c2cccc(-c3cccc(-c4cnc(CN5CC6(CCC(=O)N6)C5)c(OC)n4)c3Br)c2Cl)cnc1CN1CCCCC(=O)NCC1. The molecule has 2 N–H and O–H groups in total. The summed E-state index contributed by atoms with van der Waals surface area (Å²) in [5.41, 5.74) is 5.89. The minimum absolute atomic E-state index is 0.0995. The summed E-state index contributed by atoms with van der Waals surface area (Å²) in [6.45, 7) is 4.93. The largest absolute Gasteiger partial charge is 0.480 e. The van der Waals surface area contributed by atoms with Crippen molar-refractivity contribution < 1.29 is 19.1 Å².